The quantitative estimate of drug-likeness (QED) is 0.425. The van der Waals surface area contributed by atoms with Crippen LogP contribution in [0, 0.1) is 0 Å². The molecule has 0 bridgehead atoms. The number of anilines is 1. The van der Waals surface area contributed by atoms with Crippen LogP contribution in [0.15, 0.2) is 43.0 Å². The normalized spacial score (nSPS) is 27.9. The predicted octanol–water partition coefficient (Wildman–Crippen LogP) is -0.943. The van der Waals surface area contributed by atoms with Gasteiger partial charge in [0.25, 0.3) is 0 Å². The zero-order chi connectivity index (χ0) is 19.2. The minimum atomic E-state index is -2.08. The number of hydrogen-bond acceptors (Lipinski definition) is 9. The fourth-order valence-corrected chi connectivity index (χ4v) is 3.34. The molecule has 4 rings (SSSR count). The number of Topliss-reactive ketones (excluding diaryl/α,β-unsaturated/α-hetero) is 1. The fraction of sp³-hybridized carbons (Fsp3) is 0.294. The lowest BCUT2D eigenvalue weighted by Crippen LogP contribution is -2.51. The second-order valence-electron chi connectivity index (χ2n) is 6.21. The van der Waals surface area contributed by atoms with E-state index in [0.29, 0.717) is 0 Å². The molecule has 0 saturated carbocycles. The molecule has 0 radical (unpaired) electrons. The Balaban J connectivity index is 1.97. The first kappa shape index (κ1) is 17.5. The summed E-state index contributed by atoms with van der Waals surface area (Å²) in [5.74, 6) is -0.533. The molecular formula is C17H17N5O5. The Hall–Kier alpha value is -2.92. The van der Waals surface area contributed by atoms with Gasteiger partial charge < -0.3 is 25.8 Å². The minimum Gasteiger partial charge on any atom is -0.394 e. The van der Waals surface area contributed by atoms with E-state index in [2.05, 4.69) is 15.0 Å². The highest BCUT2D eigenvalue weighted by Gasteiger charge is 2.60. The second-order valence-corrected chi connectivity index (χ2v) is 6.21. The molecule has 10 nitrogen and oxygen atoms in total. The molecule has 4 atom stereocenters. The van der Waals surface area contributed by atoms with Crippen LogP contribution in [0.3, 0.4) is 0 Å². The number of aromatic nitrogens is 4. The smallest absolute Gasteiger partial charge is 0.241 e. The van der Waals surface area contributed by atoms with Gasteiger partial charge in [0.05, 0.1) is 6.61 Å². The summed E-state index contributed by atoms with van der Waals surface area (Å²) in [5, 5.41) is 30.7. The summed E-state index contributed by atoms with van der Waals surface area (Å²) >= 11 is 0. The van der Waals surface area contributed by atoms with Crippen molar-refractivity contribution < 1.29 is 24.9 Å². The van der Waals surface area contributed by atoms with Crippen LogP contribution in [0.25, 0.3) is 11.2 Å². The summed E-state index contributed by atoms with van der Waals surface area (Å²) in [6.07, 6.45) is -1.93. The van der Waals surface area contributed by atoms with E-state index in [1.54, 1.807) is 30.3 Å². The van der Waals surface area contributed by atoms with Gasteiger partial charge >= 0.3 is 0 Å². The molecule has 0 aliphatic carbocycles. The van der Waals surface area contributed by atoms with Crippen molar-refractivity contribution in [2.45, 2.75) is 24.0 Å². The molecule has 0 amide bonds. The Labute approximate surface area is 152 Å². The molecule has 0 unspecified atom stereocenters. The maximum absolute atomic E-state index is 13.4. The molecule has 0 spiro atoms. The van der Waals surface area contributed by atoms with Crippen LogP contribution in [-0.4, -0.2) is 65.5 Å². The molecule has 10 heteroatoms. The molecule has 2 aromatic heterocycles. The van der Waals surface area contributed by atoms with E-state index in [0.717, 1.165) is 0 Å². The van der Waals surface area contributed by atoms with E-state index in [9.17, 15) is 20.1 Å². The van der Waals surface area contributed by atoms with E-state index in [4.69, 9.17) is 10.5 Å². The van der Waals surface area contributed by atoms with Gasteiger partial charge in [0.1, 0.15) is 36.5 Å². The molecule has 1 aromatic carbocycles. The largest absolute Gasteiger partial charge is 0.394 e. The number of nitrogens with two attached hydrogens (primary N) is 1. The summed E-state index contributed by atoms with van der Waals surface area (Å²) in [5.41, 5.74) is 4.34. The molecular weight excluding hydrogens is 354 g/mol. The van der Waals surface area contributed by atoms with Crippen molar-refractivity contribution in [1.82, 2.24) is 19.5 Å². The van der Waals surface area contributed by atoms with Gasteiger partial charge in [0, 0.05) is 5.56 Å². The first-order valence-corrected chi connectivity index (χ1v) is 8.19. The van der Waals surface area contributed by atoms with E-state index in [1.807, 2.05) is 0 Å². The third-order valence-electron chi connectivity index (χ3n) is 4.70. The highest BCUT2D eigenvalue weighted by atomic mass is 16.6. The maximum Gasteiger partial charge on any atom is 0.241 e. The van der Waals surface area contributed by atoms with Crippen molar-refractivity contribution in [3.63, 3.8) is 0 Å². The highest BCUT2D eigenvalue weighted by molar-refractivity contribution is 6.02. The van der Waals surface area contributed by atoms with E-state index in [-0.39, 0.29) is 22.5 Å². The molecule has 3 aromatic rings. The number of carbonyl (C=O) groups excluding carboxylic acids is 1. The third kappa shape index (κ3) is 2.42. The zero-order valence-corrected chi connectivity index (χ0v) is 14.0. The van der Waals surface area contributed by atoms with Gasteiger partial charge in [0.2, 0.25) is 11.5 Å². The average molecular weight is 371 g/mol. The summed E-state index contributed by atoms with van der Waals surface area (Å²) < 4.78 is 6.98. The van der Waals surface area contributed by atoms with Crippen molar-refractivity contribution in [2.75, 3.05) is 12.3 Å². The van der Waals surface area contributed by atoms with Crippen LogP contribution in [0.1, 0.15) is 10.4 Å². The van der Waals surface area contributed by atoms with Gasteiger partial charge in [0.15, 0.2) is 11.5 Å². The Morgan fingerprint density at radius 2 is 1.96 bits per heavy atom. The van der Waals surface area contributed by atoms with Gasteiger partial charge in [-0.3, -0.25) is 9.36 Å². The number of carbonyl (C=O) groups is 1. The number of benzene rings is 1. The first-order valence-electron chi connectivity index (χ1n) is 8.19. The van der Waals surface area contributed by atoms with Crippen LogP contribution < -0.4 is 5.73 Å². The zero-order valence-electron chi connectivity index (χ0n) is 14.0. The van der Waals surface area contributed by atoms with E-state index < -0.39 is 36.4 Å². The number of ketones is 1. The van der Waals surface area contributed by atoms with Gasteiger partial charge in [-0.15, -0.1) is 0 Å². The lowest BCUT2D eigenvalue weighted by atomic mass is 9.93. The second kappa shape index (κ2) is 6.35. The van der Waals surface area contributed by atoms with Gasteiger partial charge in [-0.2, -0.15) is 0 Å². The molecule has 1 saturated heterocycles. The number of rotatable bonds is 4. The van der Waals surface area contributed by atoms with Crippen molar-refractivity contribution in [2.24, 2.45) is 0 Å². The van der Waals surface area contributed by atoms with Crippen molar-refractivity contribution in [3.05, 3.63) is 48.5 Å². The number of aliphatic hydroxyl groups is 3. The average Bonchev–Trinajstić information content (AvgIpc) is 3.24. The number of ether oxygens (including phenoxy) is 1. The first-order chi connectivity index (χ1) is 13.0. The summed E-state index contributed by atoms with van der Waals surface area (Å²) in [4.78, 5) is 25.5. The number of nitrogens with zero attached hydrogens (tertiary/aromatic N) is 4. The molecule has 3 heterocycles. The Morgan fingerprint density at radius 3 is 2.63 bits per heavy atom. The minimum absolute atomic E-state index is 0.0906. The van der Waals surface area contributed by atoms with Gasteiger partial charge in [-0.1, -0.05) is 30.3 Å². The van der Waals surface area contributed by atoms with Crippen LogP contribution in [0.5, 0.6) is 0 Å². The van der Waals surface area contributed by atoms with E-state index >= 15 is 0 Å². The fourth-order valence-electron chi connectivity index (χ4n) is 3.34. The SMILES string of the molecule is Nc1ncnc2c1ncn2[C@]1(C(=O)c2ccccc2)O[C@H](CO)[C@@H](O)[C@H]1O. The van der Waals surface area contributed by atoms with Crippen LogP contribution in [0.4, 0.5) is 5.82 Å². The topological polar surface area (TPSA) is 157 Å². The number of aliphatic hydroxyl groups excluding tert-OH is 3. The van der Waals surface area contributed by atoms with Crippen LogP contribution >= 0.6 is 0 Å². The van der Waals surface area contributed by atoms with Gasteiger partial charge in [-0.25, -0.2) is 15.0 Å². The monoisotopic (exact) mass is 371 g/mol. The molecule has 27 heavy (non-hydrogen) atoms. The van der Waals surface area contributed by atoms with Crippen molar-refractivity contribution >= 4 is 22.8 Å². The van der Waals surface area contributed by atoms with Gasteiger partial charge in [-0.05, 0) is 0 Å². The molecule has 1 aliphatic rings. The lowest BCUT2D eigenvalue weighted by molar-refractivity contribution is -0.113. The Morgan fingerprint density at radius 1 is 1.22 bits per heavy atom. The number of hydrogen-bond donors (Lipinski definition) is 4. The number of nitrogen functional groups attached to an aromatic ring is 1. The standard InChI is InChI=1S/C17H17N5O5/c18-15-11-16(20-7-19-15)22(8-21-11)17(13(25)9-4-2-1-3-5-9)14(26)12(24)10(6-23)27-17/h1-5,7-8,10,12,14,23-24,26H,6H2,(H2,18,19,20)/t10-,12-,14-,17-/m1/s1. The predicted molar refractivity (Wildman–Crippen MR) is 92.5 cm³/mol. The number of fused-ring (bicyclic) bond motifs is 1. The van der Waals surface area contributed by atoms with Crippen LogP contribution in [0.2, 0.25) is 0 Å². The lowest BCUT2D eigenvalue weighted by Gasteiger charge is -2.32. The van der Waals surface area contributed by atoms with Crippen LogP contribution in [-0.2, 0) is 10.5 Å². The molecule has 140 valence electrons. The molecule has 1 fully saturated rings. The van der Waals surface area contributed by atoms with Crippen molar-refractivity contribution in [1.29, 1.82) is 0 Å². The number of imidazole rings is 1. The molecule has 5 N–H and O–H groups in total. The Bertz CT molecular complexity index is 994. The highest BCUT2D eigenvalue weighted by Crippen LogP contribution is 2.40. The Kier molecular flexibility index (Phi) is 4.12. The summed E-state index contributed by atoms with van der Waals surface area (Å²) in [6, 6.07) is 8.17. The maximum atomic E-state index is 13.4. The summed E-state index contributed by atoms with van der Waals surface area (Å²) in [6.45, 7) is -0.591. The van der Waals surface area contributed by atoms with Crippen molar-refractivity contribution in [3.8, 4) is 0 Å². The van der Waals surface area contributed by atoms with E-state index in [1.165, 1.54) is 17.2 Å². The third-order valence-corrected chi connectivity index (χ3v) is 4.70. The summed E-state index contributed by atoms with van der Waals surface area (Å²) in [7, 11) is 0. The molecule has 1 aliphatic heterocycles.